The smallest absolute Gasteiger partial charge is 0.191 e. The third-order valence-electron chi connectivity index (χ3n) is 6.34. The molecule has 2 unspecified atom stereocenters. The fourth-order valence-electron chi connectivity index (χ4n) is 4.73. The summed E-state index contributed by atoms with van der Waals surface area (Å²) in [6.45, 7) is 3.28. The van der Waals surface area contributed by atoms with Gasteiger partial charge in [-0.25, -0.2) is 0 Å². The minimum atomic E-state index is -0.130. The first kappa shape index (κ1) is 18.0. The van der Waals surface area contributed by atoms with Crippen LogP contribution in [0.5, 0.6) is 0 Å². The van der Waals surface area contributed by atoms with Crippen molar-refractivity contribution in [3.63, 3.8) is 0 Å². The van der Waals surface area contributed by atoms with Gasteiger partial charge in [0.15, 0.2) is 5.96 Å². The summed E-state index contributed by atoms with van der Waals surface area (Å²) in [5.74, 6) is 1.29. The van der Waals surface area contributed by atoms with Gasteiger partial charge in [-0.3, -0.25) is 4.99 Å². The zero-order valence-corrected chi connectivity index (χ0v) is 15.3. The highest BCUT2D eigenvalue weighted by Gasteiger charge is 2.27. The molecule has 0 radical (unpaired) electrons. The molecule has 2 aliphatic carbocycles. The number of rotatable bonds is 4. The Bertz CT molecular complexity index is 400. The minimum Gasteiger partial charge on any atom is -0.393 e. The maximum absolute atomic E-state index is 9.94. The van der Waals surface area contributed by atoms with Crippen molar-refractivity contribution in [3.8, 4) is 0 Å². The maximum atomic E-state index is 9.94. The summed E-state index contributed by atoms with van der Waals surface area (Å²) in [4.78, 5) is 7.10. The van der Waals surface area contributed by atoms with E-state index in [-0.39, 0.29) is 6.10 Å². The van der Waals surface area contributed by atoms with Crippen LogP contribution in [0.25, 0.3) is 0 Å². The number of nitrogens with zero attached hydrogens (tertiary/aromatic N) is 2. The zero-order chi connectivity index (χ0) is 16.8. The van der Waals surface area contributed by atoms with Gasteiger partial charge in [0.25, 0.3) is 0 Å². The molecule has 2 saturated carbocycles. The summed E-state index contributed by atoms with van der Waals surface area (Å²) in [6, 6.07) is 1.38. The van der Waals surface area contributed by atoms with Crippen molar-refractivity contribution in [1.82, 2.24) is 15.5 Å². The first-order valence-electron chi connectivity index (χ1n) is 10.2. The number of aliphatic hydroxyl groups excluding tert-OH is 1. The SMILES string of the molecule is CN=C(NCC1CCCC1O)NC1CCN(C2CCCCC2)CC1. The molecule has 3 N–H and O–H groups in total. The highest BCUT2D eigenvalue weighted by atomic mass is 16.3. The van der Waals surface area contributed by atoms with E-state index in [0.29, 0.717) is 12.0 Å². The van der Waals surface area contributed by atoms with Gasteiger partial charge in [0.05, 0.1) is 6.10 Å². The van der Waals surface area contributed by atoms with Crippen molar-refractivity contribution in [2.45, 2.75) is 82.4 Å². The largest absolute Gasteiger partial charge is 0.393 e. The predicted octanol–water partition coefficient (Wildman–Crippen LogP) is 2.11. The molecule has 5 heteroatoms. The van der Waals surface area contributed by atoms with Gasteiger partial charge in [-0.05, 0) is 38.5 Å². The molecule has 1 aliphatic heterocycles. The van der Waals surface area contributed by atoms with Crippen molar-refractivity contribution >= 4 is 5.96 Å². The average molecular weight is 337 g/mol. The lowest BCUT2D eigenvalue weighted by molar-refractivity contribution is 0.119. The van der Waals surface area contributed by atoms with Gasteiger partial charge in [0.1, 0.15) is 0 Å². The Kier molecular flexibility index (Phi) is 6.78. The number of likely N-dealkylation sites (tertiary alicyclic amines) is 1. The van der Waals surface area contributed by atoms with Crippen LogP contribution in [0.3, 0.4) is 0 Å². The maximum Gasteiger partial charge on any atom is 0.191 e. The standard InChI is InChI=1S/C19H36N4O/c1-20-19(21-14-15-6-5-9-18(15)24)22-16-10-12-23(13-11-16)17-7-3-2-4-8-17/h15-18,24H,2-14H2,1H3,(H2,20,21,22). The molecule has 3 rings (SSSR count). The molecule has 1 saturated heterocycles. The monoisotopic (exact) mass is 336 g/mol. The van der Waals surface area contributed by atoms with Crippen LogP contribution in [0, 0.1) is 5.92 Å². The molecule has 3 aliphatic rings. The first-order chi connectivity index (χ1) is 11.8. The van der Waals surface area contributed by atoms with E-state index in [0.717, 1.165) is 37.8 Å². The van der Waals surface area contributed by atoms with Crippen molar-refractivity contribution in [2.24, 2.45) is 10.9 Å². The van der Waals surface area contributed by atoms with Crippen molar-refractivity contribution in [2.75, 3.05) is 26.7 Å². The summed E-state index contributed by atoms with van der Waals surface area (Å²) >= 11 is 0. The highest BCUT2D eigenvalue weighted by molar-refractivity contribution is 5.79. The molecule has 0 bridgehead atoms. The molecule has 0 aromatic heterocycles. The van der Waals surface area contributed by atoms with Crippen LogP contribution in [-0.4, -0.2) is 60.8 Å². The van der Waals surface area contributed by atoms with Crippen LogP contribution in [0.1, 0.15) is 64.2 Å². The lowest BCUT2D eigenvalue weighted by Gasteiger charge is -2.39. The van der Waals surface area contributed by atoms with Gasteiger partial charge in [-0.1, -0.05) is 25.7 Å². The fourth-order valence-corrected chi connectivity index (χ4v) is 4.73. The van der Waals surface area contributed by atoms with E-state index >= 15 is 0 Å². The number of nitrogens with one attached hydrogen (secondary N) is 2. The number of aliphatic imine (C=N–C) groups is 1. The lowest BCUT2D eigenvalue weighted by Crippen LogP contribution is -2.51. The third kappa shape index (κ3) is 4.85. The van der Waals surface area contributed by atoms with Gasteiger partial charge >= 0.3 is 0 Å². The van der Waals surface area contributed by atoms with Crippen LogP contribution in [-0.2, 0) is 0 Å². The number of piperidine rings is 1. The second kappa shape index (κ2) is 9.04. The second-order valence-corrected chi connectivity index (χ2v) is 7.96. The normalized spacial score (nSPS) is 31.3. The minimum absolute atomic E-state index is 0.130. The topological polar surface area (TPSA) is 59.9 Å². The van der Waals surface area contributed by atoms with Gasteiger partial charge in [0.2, 0.25) is 0 Å². The highest BCUT2D eigenvalue weighted by Crippen LogP contribution is 2.26. The Hall–Kier alpha value is -0.810. The summed E-state index contributed by atoms with van der Waals surface area (Å²) in [7, 11) is 1.84. The van der Waals surface area contributed by atoms with E-state index in [1.807, 2.05) is 7.05 Å². The van der Waals surface area contributed by atoms with Crippen LogP contribution in [0.4, 0.5) is 0 Å². The first-order valence-corrected chi connectivity index (χ1v) is 10.2. The Labute approximate surface area is 147 Å². The molecule has 0 amide bonds. The van der Waals surface area contributed by atoms with Crippen LogP contribution >= 0.6 is 0 Å². The molecule has 2 atom stereocenters. The zero-order valence-electron chi connectivity index (χ0n) is 15.3. The number of hydrogen-bond acceptors (Lipinski definition) is 3. The fraction of sp³-hybridized carbons (Fsp3) is 0.947. The van der Waals surface area contributed by atoms with E-state index in [2.05, 4.69) is 20.5 Å². The Balaban J connectivity index is 1.37. The third-order valence-corrected chi connectivity index (χ3v) is 6.34. The predicted molar refractivity (Wildman–Crippen MR) is 99.3 cm³/mol. The lowest BCUT2D eigenvalue weighted by atomic mass is 9.92. The second-order valence-electron chi connectivity index (χ2n) is 7.96. The molecule has 5 nitrogen and oxygen atoms in total. The molecule has 3 fully saturated rings. The Morgan fingerprint density at radius 2 is 1.75 bits per heavy atom. The molecule has 24 heavy (non-hydrogen) atoms. The summed E-state index contributed by atoms with van der Waals surface area (Å²) < 4.78 is 0. The van der Waals surface area contributed by atoms with E-state index in [9.17, 15) is 5.11 Å². The Morgan fingerprint density at radius 3 is 2.38 bits per heavy atom. The van der Waals surface area contributed by atoms with Crippen molar-refractivity contribution in [1.29, 1.82) is 0 Å². The number of hydrogen-bond donors (Lipinski definition) is 3. The van der Waals surface area contributed by atoms with Gasteiger partial charge in [0, 0.05) is 44.7 Å². The van der Waals surface area contributed by atoms with Gasteiger partial charge in [-0.2, -0.15) is 0 Å². The molecule has 0 spiro atoms. The Morgan fingerprint density at radius 1 is 1.00 bits per heavy atom. The van der Waals surface area contributed by atoms with Crippen LogP contribution < -0.4 is 10.6 Å². The average Bonchev–Trinajstić information content (AvgIpc) is 3.05. The summed E-state index contributed by atoms with van der Waals surface area (Å²) in [5, 5.41) is 17.0. The van der Waals surface area contributed by atoms with Crippen LogP contribution in [0.15, 0.2) is 4.99 Å². The van der Waals surface area contributed by atoms with Crippen LogP contribution in [0.2, 0.25) is 0 Å². The molecular weight excluding hydrogens is 300 g/mol. The molecular formula is C19H36N4O. The molecule has 0 aromatic rings. The summed E-state index contributed by atoms with van der Waals surface area (Å²) in [5.41, 5.74) is 0. The molecule has 138 valence electrons. The number of aliphatic hydroxyl groups is 1. The van der Waals surface area contributed by atoms with E-state index in [1.54, 1.807) is 0 Å². The summed E-state index contributed by atoms with van der Waals surface area (Å²) in [6.07, 6.45) is 12.6. The molecule has 0 aromatic carbocycles. The van der Waals surface area contributed by atoms with E-state index in [1.165, 1.54) is 58.0 Å². The number of guanidine groups is 1. The quantitative estimate of drug-likeness (QED) is 0.544. The van der Waals surface area contributed by atoms with Gasteiger partial charge < -0.3 is 20.6 Å². The van der Waals surface area contributed by atoms with Gasteiger partial charge in [-0.15, -0.1) is 0 Å². The van der Waals surface area contributed by atoms with Crippen molar-refractivity contribution < 1.29 is 5.11 Å². The van der Waals surface area contributed by atoms with E-state index < -0.39 is 0 Å². The van der Waals surface area contributed by atoms with Crippen molar-refractivity contribution in [3.05, 3.63) is 0 Å². The molecule has 1 heterocycles. The van der Waals surface area contributed by atoms with E-state index in [4.69, 9.17) is 0 Å².